The van der Waals surface area contributed by atoms with E-state index in [-0.39, 0.29) is 11.8 Å². The van der Waals surface area contributed by atoms with E-state index in [0.29, 0.717) is 37.4 Å². The number of sulfonamides is 1. The molecule has 168 valence electrons. The van der Waals surface area contributed by atoms with Crippen LogP contribution < -0.4 is 0 Å². The molecule has 0 aliphatic carbocycles. The summed E-state index contributed by atoms with van der Waals surface area (Å²) in [5.74, 6) is 0.199. The van der Waals surface area contributed by atoms with Gasteiger partial charge in [-0.05, 0) is 44.0 Å². The molecule has 0 radical (unpaired) electrons. The second-order valence-electron chi connectivity index (χ2n) is 8.45. The van der Waals surface area contributed by atoms with E-state index in [2.05, 4.69) is 11.8 Å². The van der Waals surface area contributed by atoms with Gasteiger partial charge in [0.05, 0.1) is 4.90 Å². The van der Waals surface area contributed by atoms with Crippen LogP contribution in [-0.2, 0) is 21.2 Å². The molecule has 0 amide bonds. The Kier molecular flexibility index (Phi) is 8.41. The van der Waals surface area contributed by atoms with Crippen LogP contribution in [0.3, 0.4) is 0 Å². The van der Waals surface area contributed by atoms with Gasteiger partial charge in [0.1, 0.15) is 5.78 Å². The Labute approximate surface area is 187 Å². The van der Waals surface area contributed by atoms with Crippen molar-refractivity contribution < 1.29 is 13.2 Å². The first-order valence-corrected chi connectivity index (χ1v) is 12.7. The zero-order valence-corrected chi connectivity index (χ0v) is 19.5. The largest absolute Gasteiger partial charge is 0.300 e. The van der Waals surface area contributed by atoms with Crippen LogP contribution in [0.5, 0.6) is 0 Å². The van der Waals surface area contributed by atoms with Gasteiger partial charge >= 0.3 is 0 Å². The highest BCUT2D eigenvalue weighted by molar-refractivity contribution is 7.89. The van der Waals surface area contributed by atoms with Gasteiger partial charge in [0.25, 0.3) is 0 Å². The standard InChI is InChI=1S/C25H34N2O3S/c1-3-4-16-26-17-18-27(31(29,30)25-14-10-21(2)11-15-25)20-23(26)19-24(28)13-12-22-8-6-5-7-9-22/h5-11,14-15,23H,3-4,12-13,16-20H2,1-2H3. The Bertz CT molecular complexity index is 942. The maximum atomic E-state index is 13.2. The smallest absolute Gasteiger partial charge is 0.243 e. The molecule has 1 aliphatic heterocycles. The summed E-state index contributed by atoms with van der Waals surface area (Å²) >= 11 is 0. The van der Waals surface area contributed by atoms with Crippen molar-refractivity contribution in [2.75, 3.05) is 26.2 Å². The van der Waals surface area contributed by atoms with Crippen LogP contribution >= 0.6 is 0 Å². The van der Waals surface area contributed by atoms with E-state index in [4.69, 9.17) is 0 Å². The molecule has 0 spiro atoms. The van der Waals surface area contributed by atoms with Crippen LogP contribution in [0.1, 0.15) is 43.7 Å². The molecule has 5 nitrogen and oxygen atoms in total. The van der Waals surface area contributed by atoms with E-state index in [1.165, 1.54) is 0 Å². The van der Waals surface area contributed by atoms with Gasteiger partial charge < -0.3 is 0 Å². The number of hydrogen-bond acceptors (Lipinski definition) is 4. The third-order valence-corrected chi connectivity index (χ3v) is 7.90. The second kappa shape index (κ2) is 11.0. The fourth-order valence-corrected chi connectivity index (χ4v) is 5.55. The summed E-state index contributed by atoms with van der Waals surface area (Å²) < 4.78 is 27.9. The Morgan fingerprint density at radius 1 is 1.03 bits per heavy atom. The number of aryl methyl sites for hydroxylation is 2. The van der Waals surface area contributed by atoms with E-state index < -0.39 is 10.0 Å². The monoisotopic (exact) mass is 442 g/mol. The number of nitrogens with zero attached hydrogens (tertiary/aromatic N) is 2. The molecule has 1 saturated heterocycles. The molecule has 1 heterocycles. The van der Waals surface area contributed by atoms with Crippen molar-refractivity contribution in [2.24, 2.45) is 0 Å². The molecule has 3 rings (SSSR count). The van der Waals surface area contributed by atoms with Crippen LogP contribution in [0.2, 0.25) is 0 Å². The van der Waals surface area contributed by atoms with Gasteiger partial charge in [-0.2, -0.15) is 4.31 Å². The number of carbonyl (C=O) groups is 1. The van der Waals surface area contributed by atoms with Crippen LogP contribution in [0.25, 0.3) is 0 Å². The molecule has 1 fully saturated rings. The molecule has 31 heavy (non-hydrogen) atoms. The number of Topliss-reactive ketones (excluding diaryl/α,β-unsaturated/α-hetero) is 1. The lowest BCUT2D eigenvalue weighted by molar-refractivity contribution is -0.120. The van der Waals surface area contributed by atoms with Crippen molar-refractivity contribution >= 4 is 15.8 Å². The van der Waals surface area contributed by atoms with Crippen LogP contribution in [0, 0.1) is 6.92 Å². The minimum atomic E-state index is -3.55. The molecule has 1 aliphatic rings. The van der Waals surface area contributed by atoms with E-state index >= 15 is 0 Å². The number of unbranched alkanes of at least 4 members (excludes halogenated alkanes) is 1. The quantitative estimate of drug-likeness (QED) is 0.557. The van der Waals surface area contributed by atoms with Gasteiger partial charge in [-0.15, -0.1) is 0 Å². The van der Waals surface area contributed by atoms with Crippen molar-refractivity contribution in [3.63, 3.8) is 0 Å². The third-order valence-electron chi connectivity index (χ3n) is 6.02. The first-order valence-electron chi connectivity index (χ1n) is 11.3. The maximum Gasteiger partial charge on any atom is 0.243 e. The predicted octanol–water partition coefficient (Wildman–Crippen LogP) is 4.06. The Morgan fingerprint density at radius 2 is 1.74 bits per heavy atom. The summed E-state index contributed by atoms with van der Waals surface area (Å²) in [6.45, 7) is 6.51. The molecule has 0 N–H and O–H groups in total. The fourth-order valence-electron chi connectivity index (χ4n) is 4.08. The van der Waals surface area contributed by atoms with Crippen LogP contribution in [-0.4, -0.2) is 55.6 Å². The molecule has 2 aromatic rings. The molecule has 1 unspecified atom stereocenters. The number of hydrogen-bond donors (Lipinski definition) is 0. The van der Waals surface area contributed by atoms with Crippen LogP contribution in [0.4, 0.5) is 0 Å². The maximum absolute atomic E-state index is 13.2. The summed E-state index contributed by atoms with van der Waals surface area (Å²) in [4.78, 5) is 15.4. The highest BCUT2D eigenvalue weighted by Gasteiger charge is 2.34. The van der Waals surface area contributed by atoms with Crippen molar-refractivity contribution in [3.8, 4) is 0 Å². The molecule has 0 bridgehead atoms. The number of piperazine rings is 1. The first-order chi connectivity index (χ1) is 14.9. The molecule has 0 aromatic heterocycles. The van der Waals surface area contributed by atoms with Gasteiger partial charge in [-0.25, -0.2) is 8.42 Å². The average Bonchev–Trinajstić information content (AvgIpc) is 2.78. The summed E-state index contributed by atoms with van der Waals surface area (Å²) in [5, 5.41) is 0. The SMILES string of the molecule is CCCCN1CCN(S(=O)(=O)c2ccc(C)cc2)CC1CC(=O)CCc1ccccc1. The summed E-state index contributed by atoms with van der Waals surface area (Å²) in [6.07, 6.45) is 3.76. The summed E-state index contributed by atoms with van der Waals surface area (Å²) in [7, 11) is -3.55. The zero-order valence-electron chi connectivity index (χ0n) is 18.7. The average molecular weight is 443 g/mol. The van der Waals surface area contributed by atoms with Crippen molar-refractivity contribution in [1.29, 1.82) is 0 Å². The normalized spacial score (nSPS) is 18.2. The Balaban J connectivity index is 1.68. The molecule has 2 aromatic carbocycles. The first kappa shape index (κ1) is 23.6. The highest BCUT2D eigenvalue weighted by Crippen LogP contribution is 2.23. The fraction of sp³-hybridized carbons (Fsp3) is 0.480. The minimum Gasteiger partial charge on any atom is -0.300 e. The number of benzene rings is 2. The molecule has 6 heteroatoms. The lowest BCUT2D eigenvalue weighted by Gasteiger charge is -2.40. The zero-order chi connectivity index (χ0) is 22.3. The molecular weight excluding hydrogens is 408 g/mol. The lowest BCUT2D eigenvalue weighted by atomic mass is 10.0. The summed E-state index contributed by atoms with van der Waals surface area (Å²) in [6, 6.07) is 17.0. The molecule has 0 saturated carbocycles. The van der Waals surface area contributed by atoms with E-state index in [1.54, 1.807) is 16.4 Å². The second-order valence-corrected chi connectivity index (χ2v) is 10.4. The Hall–Kier alpha value is -2.02. The van der Waals surface area contributed by atoms with Crippen LogP contribution in [0.15, 0.2) is 59.5 Å². The Morgan fingerprint density at radius 3 is 2.42 bits per heavy atom. The number of rotatable bonds is 10. The van der Waals surface area contributed by atoms with Gasteiger partial charge in [-0.3, -0.25) is 9.69 Å². The predicted molar refractivity (Wildman–Crippen MR) is 125 cm³/mol. The van der Waals surface area contributed by atoms with Gasteiger partial charge in [0.2, 0.25) is 10.0 Å². The summed E-state index contributed by atoms with van der Waals surface area (Å²) in [5.41, 5.74) is 2.19. The van der Waals surface area contributed by atoms with E-state index in [9.17, 15) is 13.2 Å². The highest BCUT2D eigenvalue weighted by atomic mass is 32.2. The van der Waals surface area contributed by atoms with E-state index in [1.807, 2.05) is 49.4 Å². The van der Waals surface area contributed by atoms with E-state index in [0.717, 1.165) is 36.9 Å². The topological polar surface area (TPSA) is 57.7 Å². The molecular formula is C25H34N2O3S. The van der Waals surface area contributed by atoms with Gasteiger partial charge in [0, 0.05) is 38.5 Å². The van der Waals surface area contributed by atoms with Crippen molar-refractivity contribution in [3.05, 3.63) is 65.7 Å². The minimum absolute atomic E-state index is 0.0659. The third kappa shape index (κ3) is 6.48. The number of ketones is 1. The lowest BCUT2D eigenvalue weighted by Crippen LogP contribution is -2.55. The van der Waals surface area contributed by atoms with Gasteiger partial charge in [-0.1, -0.05) is 61.4 Å². The van der Waals surface area contributed by atoms with Crippen molar-refractivity contribution in [1.82, 2.24) is 9.21 Å². The van der Waals surface area contributed by atoms with Crippen molar-refractivity contribution in [2.45, 2.75) is 56.9 Å². The van der Waals surface area contributed by atoms with Gasteiger partial charge in [0.15, 0.2) is 0 Å². The molecule has 1 atom stereocenters. The number of carbonyl (C=O) groups excluding carboxylic acids is 1.